The van der Waals surface area contributed by atoms with Gasteiger partial charge in [-0.2, -0.15) is 4.98 Å². The molecule has 2 aromatic heterocycles. The second-order valence-electron chi connectivity index (χ2n) is 8.93. The van der Waals surface area contributed by atoms with E-state index in [-0.39, 0.29) is 5.56 Å². The number of anilines is 1. The Hall–Kier alpha value is -2.87. The van der Waals surface area contributed by atoms with E-state index in [1.54, 1.807) is 7.05 Å². The maximum absolute atomic E-state index is 12.8. The van der Waals surface area contributed by atoms with Gasteiger partial charge in [-0.1, -0.05) is 38.1 Å². The molecule has 0 unspecified atom stereocenters. The highest BCUT2D eigenvalue weighted by Crippen LogP contribution is 2.23. The lowest BCUT2D eigenvalue weighted by Crippen LogP contribution is -2.47. The van der Waals surface area contributed by atoms with Crippen molar-refractivity contribution in [3.63, 3.8) is 0 Å². The van der Waals surface area contributed by atoms with E-state index in [9.17, 15) is 9.59 Å². The highest BCUT2D eigenvalue weighted by molar-refractivity contribution is 5.74. The lowest BCUT2D eigenvalue weighted by Gasteiger charge is -2.35. The zero-order valence-corrected chi connectivity index (χ0v) is 18.9. The van der Waals surface area contributed by atoms with E-state index >= 15 is 0 Å². The molecule has 4 rings (SSSR count). The van der Waals surface area contributed by atoms with E-state index in [1.165, 1.54) is 11.0 Å². The van der Waals surface area contributed by atoms with Gasteiger partial charge in [-0.25, -0.2) is 4.79 Å². The molecular weight excluding hydrogens is 392 g/mol. The molecule has 1 aliphatic rings. The predicted molar refractivity (Wildman–Crippen MR) is 124 cm³/mol. The maximum atomic E-state index is 12.8. The van der Waals surface area contributed by atoms with E-state index in [0.29, 0.717) is 23.6 Å². The van der Waals surface area contributed by atoms with Gasteiger partial charge < -0.3 is 4.90 Å². The molecule has 0 atom stereocenters. The lowest BCUT2D eigenvalue weighted by molar-refractivity contribution is 0.242. The van der Waals surface area contributed by atoms with E-state index in [1.807, 2.05) is 16.7 Å². The molecule has 8 nitrogen and oxygen atoms in total. The highest BCUT2D eigenvalue weighted by atomic mass is 16.2. The van der Waals surface area contributed by atoms with Crippen molar-refractivity contribution >= 4 is 17.1 Å². The molecule has 166 valence electrons. The first-order chi connectivity index (χ1) is 14.8. The summed E-state index contributed by atoms with van der Waals surface area (Å²) in [4.78, 5) is 36.9. The SMILES string of the molecule is Cc1ccccc1Cn1c(N2CCN(CCC(C)C)CC2)nc2c1c(=O)[nH]c(=O)n2C. The molecule has 0 spiro atoms. The lowest BCUT2D eigenvalue weighted by atomic mass is 10.1. The van der Waals surface area contributed by atoms with Crippen molar-refractivity contribution in [1.29, 1.82) is 0 Å². The number of benzene rings is 1. The molecule has 0 aliphatic carbocycles. The van der Waals surface area contributed by atoms with Gasteiger partial charge in [0.25, 0.3) is 5.56 Å². The van der Waals surface area contributed by atoms with Crippen molar-refractivity contribution < 1.29 is 0 Å². The molecule has 0 saturated carbocycles. The number of piperazine rings is 1. The standard InChI is InChI=1S/C23H32N6O2/c1-16(2)9-10-27-11-13-28(14-12-27)22-24-20-19(21(30)25-23(31)26(20)4)29(22)15-18-8-6-5-7-17(18)3/h5-8,16H,9-15H2,1-4H3,(H,25,30,31). The topological polar surface area (TPSA) is 79.2 Å². The molecule has 0 radical (unpaired) electrons. The first-order valence-electron chi connectivity index (χ1n) is 11.1. The third kappa shape index (κ3) is 4.30. The van der Waals surface area contributed by atoms with Gasteiger partial charge in [0.15, 0.2) is 11.2 Å². The zero-order valence-electron chi connectivity index (χ0n) is 18.9. The summed E-state index contributed by atoms with van der Waals surface area (Å²) in [7, 11) is 1.65. The van der Waals surface area contributed by atoms with Crippen LogP contribution < -0.4 is 16.1 Å². The Kier molecular flexibility index (Phi) is 6.00. The molecule has 31 heavy (non-hydrogen) atoms. The van der Waals surface area contributed by atoms with Gasteiger partial charge in [-0.3, -0.25) is 23.8 Å². The van der Waals surface area contributed by atoms with Crippen LogP contribution in [0.3, 0.4) is 0 Å². The number of aromatic amines is 1. The normalized spacial score (nSPS) is 15.3. The number of imidazole rings is 1. The van der Waals surface area contributed by atoms with Crippen molar-refractivity contribution in [2.24, 2.45) is 13.0 Å². The van der Waals surface area contributed by atoms with Crippen LogP contribution in [0.1, 0.15) is 31.4 Å². The van der Waals surface area contributed by atoms with Crippen molar-refractivity contribution in [3.8, 4) is 0 Å². The average Bonchev–Trinajstić information content (AvgIpc) is 3.12. The fraction of sp³-hybridized carbons (Fsp3) is 0.522. The summed E-state index contributed by atoms with van der Waals surface area (Å²) in [5.74, 6) is 1.46. The number of nitrogens with zero attached hydrogens (tertiary/aromatic N) is 5. The fourth-order valence-corrected chi connectivity index (χ4v) is 4.18. The van der Waals surface area contributed by atoms with E-state index in [4.69, 9.17) is 4.98 Å². The number of H-pyrrole nitrogens is 1. The van der Waals surface area contributed by atoms with Crippen molar-refractivity contribution in [2.45, 2.75) is 33.7 Å². The summed E-state index contributed by atoms with van der Waals surface area (Å²) in [6, 6.07) is 8.17. The van der Waals surface area contributed by atoms with Gasteiger partial charge in [0.1, 0.15) is 0 Å². The van der Waals surface area contributed by atoms with Gasteiger partial charge in [0.2, 0.25) is 5.95 Å². The summed E-state index contributed by atoms with van der Waals surface area (Å²) in [5, 5.41) is 0. The molecule has 1 aliphatic heterocycles. The van der Waals surface area contributed by atoms with E-state index in [0.717, 1.165) is 49.8 Å². The van der Waals surface area contributed by atoms with Crippen LogP contribution in [0.25, 0.3) is 11.2 Å². The maximum Gasteiger partial charge on any atom is 0.329 e. The summed E-state index contributed by atoms with van der Waals surface area (Å²) in [6.45, 7) is 11.9. The monoisotopic (exact) mass is 424 g/mol. The molecule has 1 N–H and O–H groups in total. The van der Waals surface area contributed by atoms with Gasteiger partial charge >= 0.3 is 5.69 Å². The summed E-state index contributed by atoms with van der Waals surface area (Å²) in [6.07, 6.45) is 1.20. The van der Waals surface area contributed by atoms with Crippen LogP contribution in [-0.2, 0) is 13.6 Å². The van der Waals surface area contributed by atoms with Crippen LogP contribution >= 0.6 is 0 Å². The first kappa shape index (κ1) is 21.4. The number of hydrogen-bond donors (Lipinski definition) is 1. The van der Waals surface area contributed by atoms with Crippen molar-refractivity contribution in [2.75, 3.05) is 37.6 Å². The molecule has 8 heteroatoms. The number of rotatable bonds is 6. The number of nitrogens with one attached hydrogen (secondary N) is 1. The van der Waals surface area contributed by atoms with Crippen LogP contribution in [0.15, 0.2) is 33.9 Å². The zero-order chi connectivity index (χ0) is 22.1. The van der Waals surface area contributed by atoms with Crippen LogP contribution in [0.4, 0.5) is 5.95 Å². The Balaban J connectivity index is 1.72. The first-order valence-corrected chi connectivity index (χ1v) is 11.1. The van der Waals surface area contributed by atoms with E-state index < -0.39 is 5.69 Å². The Morgan fingerprint density at radius 3 is 2.48 bits per heavy atom. The molecular formula is C23H32N6O2. The average molecular weight is 425 g/mol. The van der Waals surface area contributed by atoms with Gasteiger partial charge in [-0.15, -0.1) is 0 Å². The number of aromatic nitrogens is 4. The molecule has 1 aromatic carbocycles. The van der Waals surface area contributed by atoms with E-state index in [2.05, 4.69) is 47.7 Å². The smallest absolute Gasteiger partial charge is 0.329 e. The highest BCUT2D eigenvalue weighted by Gasteiger charge is 2.25. The largest absolute Gasteiger partial charge is 0.340 e. The van der Waals surface area contributed by atoms with Crippen LogP contribution in [0, 0.1) is 12.8 Å². The summed E-state index contributed by atoms with van der Waals surface area (Å²) in [5.41, 5.74) is 2.34. The van der Waals surface area contributed by atoms with Crippen molar-refractivity contribution in [3.05, 3.63) is 56.2 Å². The second kappa shape index (κ2) is 8.70. The minimum Gasteiger partial charge on any atom is -0.340 e. The second-order valence-corrected chi connectivity index (χ2v) is 8.93. The third-order valence-corrected chi connectivity index (χ3v) is 6.25. The molecule has 3 aromatic rings. The minimum absolute atomic E-state index is 0.388. The Morgan fingerprint density at radius 1 is 1.10 bits per heavy atom. The summed E-state index contributed by atoms with van der Waals surface area (Å²) >= 11 is 0. The van der Waals surface area contributed by atoms with Crippen LogP contribution in [0.2, 0.25) is 0 Å². The number of aryl methyl sites for hydroxylation is 2. The van der Waals surface area contributed by atoms with Gasteiger partial charge in [-0.05, 0) is 36.9 Å². The number of hydrogen-bond acceptors (Lipinski definition) is 5. The minimum atomic E-state index is -0.442. The Bertz CT molecular complexity index is 1180. The number of fused-ring (bicyclic) bond motifs is 1. The Labute approximate surface area is 182 Å². The molecule has 0 bridgehead atoms. The fourth-order valence-electron chi connectivity index (χ4n) is 4.18. The third-order valence-electron chi connectivity index (χ3n) is 6.25. The molecule has 1 saturated heterocycles. The molecule has 1 fully saturated rings. The van der Waals surface area contributed by atoms with Crippen LogP contribution in [-0.4, -0.2) is 56.7 Å². The quantitative estimate of drug-likeness (QED) is 0.654. The molecule has 0 amide bonds. The van der Waals surface area contributed by atoms with Gasteiger partial charge in [0, 0.05) is 33.2 Å². The predicted octanol–water partition coefficient (Wildman–Crippen LogP) is 1.95. The van der Waals surface area contributed by atoms with Gasteiger partial charge in [0.05, 0.1) is 6.54 Å². The summed E-state index contributed by atoms with van der Waals surface area (Å²) < 4.78 is 3.40. The Morgan fingerprint density at radius 2 is 1.81 bits per heavy atom. The van der Waals surface area contributed by atoms with Crippen LogP contribution in [0.5, 0.6) is 0 Å². The van der Waals surface area contributed by atoms with Crippen molar-refractivity contribution in [1.82, 2.24) is 24.0 Å². The molecule has 3 heterocycles.